The Kier molecular flexibility index (Phi) is 3.72. The molecule has 0 fully saturated rings. The molecule has 2 aromatic rings. The van der Waals surface area contributed by atoms with Crippen molar-refractivity contribution in [2.45, 2.75) is 26.3 Å². The number of benzene rings is 1. The van der Waals surface area contributed by atoms with Gasteiger partial charge in [0.25, 0.3) is 0 Å². The van der Waals surface area contributed by atoms with Crippen molar-refractivity contribution in [3.8, 4) is 0 Å². The van der Waals surface area contributed by atoms with Gasteiger partial charge in [-0.05, 0) is 37.5 Å². The van der Waals surface area contributed by atoms with Gasteiger partial charge in [-0.1, -0.05) is 23.8 Å². The molecule has 1 atom stereocenters. The van der Waals surface area contributed by atoms with Gasteiger partial charge in [-0.25, -0.2) is 4.39 Å². The van der Waals surface area contributed by atoms with E-state index in [4.69, 9.17) is 5.73 Å². The predicted molar refractivity (Wildman–Crippen MR) is 70.7 cm³/mol. The maximum Gasteiger partial charge on any atom is 0.146 e. The number of nitrogens with two attached hydrogens (primary N) is 1. The van der Waals surface area contributed by atoms with Crippen molar-refractivity contribution >= 4 is 0 Å². The molecule has 18 heavy (non-hydrogen) atoms. The molecule has 3 heteroatoms. The molecular weight excluding hydrogens is 227 g/mol. The van der Waals surface area contributed by atoms with E-state index in [1.54, 1.807) is 12.3 Å². The van der Waals surface area contributed by atoms with Gasteiger partial charge >= 0.3 is 0 Å². The lowest BCUT2D eigenvalue weighted by atomic mass is 9.96. The number of hydrogen-bond acceptors (Lipinski definition) is 2. The Hall–Kier alpha value is -1.74. The number of halogens is 1. The molecule has 1 unspecified atom stereocenters. The Labute approximate surface area is 107 Å². The predicted octanol–water partition coefficient (Wildman–Crippen LogP) is 3.08. The van der Waals surface area contributed by atoms with Gasteiger partial charge in [0.1, 0.15) is 5.82 Å². The van der Waals surface area contributed by atoms with Crippen molar-refractivity contribution in [3.63, 3.8) is 0 Å². The quantitative estimate of drug-likeness (QED) is 0.901. The van der Waals surface area contributed by atoms with Gasteiger partial charge in [-0.3, -0.25) is 4.98 Å². The molecule has 2 nitrogen and oxygen atoms in total. The maximum absolute atomic E-state index is 13.6. The van der Waals surface area contributed by atoms with Crippen LogP contribution >= 0.6 is 0 Å². The zero-order valence-corrected chi connectivity index (χ0v) is 10.7. The minimum atomic E-state index is -0.339. The van der Waals surface area contributed by atoms with E-state index in [1.807, 2.05) is 13.8 Å². The summed E-state index contributed by atoms with van der Waals surface area (Å²) in [6.07, 6.45) is 3.41. The van der Waals surface area contributed by atoms with Crippen LogP contribution in [0, 0.1) is 19.7 Å². The molecule has 0 aliphatic rings. The Balaban J connectivity index is 2.24. The molecule has 0 radical (unpaired) electrons. The lowest BCUT2D eigenvalue weighted by molar-refractivity contribution is 0.574. The number of aryl methyl sites for hydroxylation is 2. The van der Waals surface area contributed by atoms with E-state index in [0.29, 0.717) is 12.0 Å². The van der Waals surface area contributed by atoms with Crippen molar-refractivity contribution < 1.29 is 4.39 Å². The van der Waals surface area contributed by atoms with Gasteiger partial charge in [0.2, 0.25) is 0 Å². The minimum absolute atomic E-state index is 0.338. The molecule has 0 bridgehead atoms. The van der Waals surface area contributed by atoms with E-state index >= 15 is 0 Å². The molecule has 0 amide bonds. The van der Waals surface area contributed by atoms with Crippen LogP contribution in [0.15, 0.2) is 36.7 Å². The minimum Gasteiger partial charge on any atom is -0.324 e. The Morgan fingerprint density at radius 3 is 2.78 bits per heavy atom. The summed E-state index contributed by atoms with van der Waals surface area (Å²) in [5.41, 5.74) is 10.1. The second kappa shape index (κ2) is 5.27. The zero-order valence-electron chi connectivity index (χ0n) is 10.7. The van der Waals surface area contributed by atoms with Crippen molar-refractivity contribution in [1.82, 2.24) is 4.98 Å². The van der Waals surface area contributed by atoms with Crippen LogP contribution in [0.2, 0.25) is 0 Å². The third-order valence-electron chi connectivity index (χ3n) is 3.15. The van der Waals surface area contributed by atoms with Crippen LogP contribution < -0.4 is 5.73 Å². The number of rotatable bonds is 3. The largest absolute Gasteiger partial charge is 0.324 e. The molecule has 2 N–H and O–H groups in total. The third kappa shape index (κ3) is 2.74. The normalized spacial score (nSPS) is 12.4. The molecule has 1 aromatic heterocycles. The highest BCUT2D eigenvalue weighted by molar-refractivity contribution is 5.32. The van der Waals surface area contributed by atoms with E-state index in [9.17, 15) is 4.39 Å². The first-order valence-corrected chi connectivity index (χ1v) is 5.99. The summed E-state index contributed by atoms with van der Waals surface area (Å²) in [4.78, 5) is 3.74. The highest BCUT2D eigenvalue weighted by Crippen LogP contribution is 2.21. The first-order chi connectivity index (χ1) is 8.58. The third-order valence-corrected chi connectivity index (χ3v) is 3.15. The summed E-state index contributed by atoms with van der Waals surface area (Å²) in [7, 11) is 0. The zero-order chi connectivity index (χ0) is 13.1. The monoisotopic (exact) mass is 244 g/mol. The summed E-state index contributed by atoms with van der Waals surface area (Å²) in [6.45, 7) is 4.09. The van der Waals surface area contributed by atoms with E-state index in [0.717, 1.165) is 0 Å². The summed E-state index contributed by atoms with van der Waals surface area (Å²) in [6, 6.07) is 7.55. The van der Waals surface area contributed by atoms with Crippen LogP contribution in [-0.2, 0) is 6.42 Å². The summed E-state index contributed by atoms with van der Waals surface area (Å²) >= 11 is 0. The lowest BCUT2D eigenvalue weighted by Crippen LogP contribution is -2.15. The van der Waals surface area contributed by atoms with Crippen LogP contribution in [0.25, 0.3) is 0 Å². The molecule has 1 heterocycles. The summed E-state index contributed by atoms with van der Waals surface area (Å²) in [5, 5.41) is 0. The number of aromatic nitrogens is 1. The summed E-state index contributed by atoms with van der Waals surface area (Å²) in [5.74, 6) is -0.338. The molecule has 0 saturated heterocycles. The van der Waals surface area contributed by atoms with Crippen molar-refractivity contribution in [1.29, 1.82) is 0 Å². The van der Waals surface area contributed by atoms with Gasteiger partial charge in [-0.15, -0.1) is 0 Å². The van der Waals surface area contributed by atoms with Crippen LogP contribution in [0.4, 0.5) is 4.39 Å². The van der Waals surface area contributed by atoms with E-state index < -0.39 is 0 Å². The molecule has 0 aliphatic carbocycles. The number of hydrogen-bond donors (Lipinski definition) is 1. The topological polar surface area (TPSA) is 38.9 Å². The SMILES string of the molecule is Cc1ccc(C)c(CC(N)c2ccncc2F)c1. The van der Waals surface area contributed by atoms with Crippen LogP contribution in [-0.4, -0.2) is 4.98 Å². The van der Waals surface area contributed by atoms with E-state index in [-0.39, 0.29) is 11.9 Å². The maximum atomic E-state index is 13.6. The fourth-order valence-corrected chi connectivity index (χ4v) is 2.05. The standard InChI is InChI=1S/C15H17FN2/c1-10-3-4-11(2)12(7-10)8-15(17)13-5-6-18-9-14(13)16/h3-7,9,15H,8,17H2,1-2H3. The van der Waals surface area contributed by atoms with Crippen molar-refractivity contribution in [2.24, 2.45) is 5.73 Å². The van der Waals surface area contributed by atoms with Crippen LogP contribution in [0.5, 0.6) is 0 Å². The average molecular weight is 244 g/mol. The second-order valence-electron chi connectivity index (χ2n) is 4.64. The number of nitrogens with zero attached hydrogens (tertiary/aromatic N) is 1. The van der Waals surface area contributed by atoms with Crippen LogP contribution in [0.3, 0.4) is 0 Å². The molecule has 2 rings (SSSR count). The Morgan fingerprint density at radius 2 is 2.06 bits per heavy atom. The fourth-order valence-electron chi connectivity index (χ4n) is 2.05. The van der Waals surface area contributed by atoms with Gasteiger partial charge < -0.3 is 5.73 Å². The molecule has 94 valence electrons. The molecule has 0 saturated carbocycles. The van der Waals surface area contributed by atoms with E-state index in [2.05, 4.69) is 23.2 Å². The first-order valence-electron chi connectivity index (χ1n) is 5.99. The smallest absolute Gasteiger partial charge is 0.146 e. The summed E-state index contributed by atoms with van der Waals surface area (Å²) < 4.78 is 13.6. The highest BCUT2D eigenvalue weighted by atomic mass is 19.1. The van der Waals surface area contributed by atoms with Gasteiger partial charge in [-0.2, -0.15) is 0 Å². The first kappa shape index (κ1) is 12.7. The fraction of sp³-hybridized carbons (Fsp3) is 0.267. The Morgan fingerprint density at radius 1 is 1.28 bits per heavy atom. The Bertz CT molecular complexity index is 552. The van der Waals surface area contributed by atoms with Crippen molar-refractivity contribution in [2.75, 3.05) is 0 Å². The molecule has 0 aliphatic heterocycles. The van der Waals surface area contributed by atoms with E-state index in [1.165, 1.54) is 22.9 Å². The van der Waals surface area contributed by atoms with Gasteiger partial charge in [0.05, 0.1) is 6.20 Å². The second-order valence-corrected chi connectivity index (χ2v) is 4.64. The van der Waals surface area contributed by atoms with Crippen LogP contribution in [0.1, 0.15) is 28.3 Å². The van der Waals surface area contributed by atoms with Gasteiger partial charge in [0.15, 0.2) is 0 Å². The molecule has 0 spiro atoms. The molecular formula is C15H17FN2. The molecule has 1 aromatic carbocycles. The average Bonchev–Trinajstić information content (AvgIpc) is 2.34. The van der Waals surface area contributed by atoms with Crippen molar-refractivity contribution in [3.05, 3.63) is 64.7 Å². The van der Waals surface area contributed by atoms with Gasteiger partial charge in [0, 0.05) is 17.8 Å². The lowest BCUT2D eigenvalue weighted by Gasteiger charge is -2.15. The number of pyridine rings is 1. The highest BCUT2D eigenvalue weighted by Gasteiger charge is 2.13.